The van der Waals surface area contributed by atoms with Crippen molar-refractivity contribution in [1.82, 2.24) is 0 Å². The Kier molecular flexibility index (Phi) is 3.67. The van der Waals surface area contributed by atoms with Crippen LogP contribution in [0.4, 0.5) is 5.69 Å². The SMILES string of the molecule is Cc1ccc(Sc2cccc([N+](=O)[O-])c2)c(C)c1. The first-order valence-electron chi connectivity index (χ1n) is 5.56. The quantitative estimate of drug-likeness (QED) is 0.607. The third-order valence-corrected chi connectivity index (χ3v) is 3.75. The second kappa shape index (κ2) is 5.23. The van der Waals surface area contributed by atoms with Gasteiger partial charge in [-0.2, -0.15) is 0 Å². The van der Waals surface area contributed by atoms with Crippen LogP contribution in [0.5, 0.6) is 0 Å². The maximum atomic E-state index is 10.7. The predicted molar refractivity (Wildman–Crippen MR) is 73.1 cm³/mol. The highest BCUT2D eigenvalue weighted by atomic mass is 32.2. The number of hydrogen-bond donors (Lipinski definition) is 0. The zero-order valence-corrected chi connectivity index (χ0v) is 11.0. The van der Waals surface area contributed by atoms with E-state index < -0.39 is 0 Å². The molecule has 0 aliphatic rings. The van der Waals surface area contributed by atoms with Crippen molar-refractivity contribution in [1.29, 1.82) is 0 Å². The van der Waals surface area contributed by atoms with E-state index in [1.165, 1.54) is 17.2 Å². The largest absolute Gasteiger partial charge is 0.270 e. The van der Waals surface area contributed by atoms with Crippen molar-refractivity contribution in [3.8, 4) is 0 Å². The summed E-state index contributed by atoms with van der Waals surface area (Å²) in [6, 6.07) is 12.9. The number of hydrogen-bond acceptors (Lipinski definition) is 3. The fourth-order valence-electron chi connectivity index (χ4n) is 1.70. The molecule has 0 aromatic heterocycles. The van der Waals surface area contributed by atoms with E-state index in [2.05, 4.69) is 13.0 Å². The highest BCUT2D eigenvalue weighted by Gasteiger charge is 2.07. The third-order valence-electron chi connectivity index (χ3n) is 2.59. The minimum Gasteiger partial charge on any atom is -0.258 e. The molecule has 18 heavy (non-hydrogen) atoms. The van der Waals surface area contributed by atoms with Crippen molar-refractivity contribution in [2.24, 2.45) is 0 Å². The molecule has 2 rings (SSSR count). The Hall–Kier alpha value is -1.81. The highest BCUT2D eigenvalue weighted by molar-refractivity contribution is 7.99. The molecule has 0 saturated heterocycles. The number of rotatable bonds is 3. The summed E-state index contributed by atoms with van der Waals surface area (Å²) < 4.78 is 0. The van der Waals surface area contributed by atoms with E-state index >= 15 is 0 Å². The van der Waals surface area contributed by atoms with Crippen LogP contribution >= 0.6 is 11.8 Å². The molecule has 92 valence electrons. The Labute approximate surface area is 110 Å². The van der Waals surface area contributed by atoms with E-state index in [0.717, 1.165) is 9.79 Å². The molecule has 0 aliphatic heterocycles. The number of aryl methyl sites for hydroxylation is 2. The number of benzene rings is 2. The number of non-ortho nitro benzene ring substituents is 1. The fraction of sp³-hybridized carbons (Fsp3) is 0.143. The van der Waals surface area contributed by atoms with Crippen molar-refractivity contribution < 1.29 is 4.92 Å². The van der Waals surface area contributed by atoms with Crippen LogP contribution in [-0.4, -0.2) is 4.92 Å². The van der Waals surface area contributed by atoms with Gasteiger partial charge in [0.15, 0.2) is 0 Å². The molecule has 3 nitrogen and oxygen atoms in total. The van der Waals surface area contributed by atoms with Crippen LogP contribution in [0.2, 0.25) is 0 Å². The second-order valence-corrected chi connectivity index (χ2v) is 5.24. The predicted octanol–water partition coefficient (Wildman–Crippen LogP) is 4.36. The van der Waals surface area contributed by atoms with Gasteiger partial charge in [0.25, 0.3) is 5.69 Å². The summed E-state index contributed by atoms with van der Waals surface area (Å²) in [5, 5.41) is 10.7. The Morgan fingerprint density at radius 1 is 1.11 bits per heavy atom. The average Bonchev–Trinajstić information content (AvgIpc) is 2.33. The van der Waals surface area contributed by atoms with Crippen molar-refractivity contribution in [2.75, 3.05) is 0 Å². The Morgan fingerprint density at radius 2 is 1.89 bits per heavy atom. The van der Waals surface area contributed by atoms with E-state index in [0.29, 0.717) is 0 Å². The van der Waals surface area contributed by atoms with Gasteiger partial charge in [-0.25, -0.2) is 0 Å². The van der Waals surface area contributed by atoms with Crippen LogP contribution in [0.3, 0.4) is 0 Å². The molecular weight excluding hydrogens is 246 g/mol. The topological polar surface area (TPSA) is 43.1 Å². The van der Waals surface area contributed by atoms with Gasteiger partial charge in [-0.3, -0.25) is 10.1 Å². The molecule has 0 saturated carbocycles. The molecule has 0 heterocycles. The maximum absolute atomic E-state index is 10.7. The van der Waals surface area contributed by atoms with Gasteiger partial charge in [0, 0.05) is 21.9 Å². The third kappa shape index (κ3) is 2.90. The van der Waals surface area contributed by atoms with Gasteiger partial charge in [-0.15, -0.1) is 0 Å². The fourth-order valence-corrected chi connectivity index (χ4v) is 2.64. The average molecular weight is 259 g/mol. The molecular formula is C14H13NO2S. The maximum Gasteiger partial charge on any atom is 0.270 e. The first kappa shape index (κ1) is 12.6. The zero-order chi connectivity index (χ0) is 13.1. The lowest BCUT2D eigenvalue weighted by Gasteiger charge is -2.06. The van der Waals surface area contributed by atoms with Gasteiger partial charge in [0.2, 0.25) is 0 Å². The lowest BCUT2D eigenvalue weighted by atomic mass is 10.2. The van der Waals surface area contributed by atoms with Gasteiger partial charge in [-0.1, -0.05) is 35.5 Å². The smallest absolute Gasteiger partial charge is 0.258 e. The van der Waals surface area contributed by atoms with Gasteiger partial charge < -0.3 is 0 Å². The molecule has 0 aliphatic carbocycles. The molecule has 2 aromatic carbocycles. The molecule has 0 fully saturated rings. The molecule has 4 heteroatoms. The molecule has 0 spiro atoms. The Morgan fingerprint density at radius 3 is 2.56 bits per heavy atom. The summed E-state index contributed by atoms with van der Waals surface area (Å²) in [5.41, 5.74) is 2.53. The van der Waals surface area contributed by atoms with Crippen LogP contribution in [0, 0.1) is 24.0 Å². The van der Waals surface area contributed by atoms with Crippen LogP contribution in [0.25, 0.3) is 0 Å². The van der Waals surface area contributed by atoms with Crippen molar-refractivity contribution in [3.63, 3.8) is 0 Å². The zero-order valence-electron chi connectivity index (χ0n) is 10.2. The summed E-state index contributed by atoms with van der Waals surface area (Å²) in [5.74, 6) is 0. The summed E-state index contributed by atoms with van der Waals surface area (Å²) in [6.07, 6.45) is 0. The summed E-state index contributed by atoms with van der Waals surface area (Å²) in [4.78, 5) is 12.4. The normalized spacial score (nSPS) is 10.3. The lowest BCUT2D eigenvalue weighted by molar-refractivity contribution is -0.385. The molecule has 0 radical (unpaired) electrons. The van der Waals surface area contributed by atoms with Crippen molar-refractivity contribution >= 4 is 17.4 Å². The molecule has 0 unspecified atom stereocenters. The first-order valence-corrected chi connectivity index (χ1v) is 6.37. The summed E-state index contributed by atoms with van der Waals surface area (Å²) >= 11 is 1.55. The summed E-state index contributed by atoms with van der Waals surface area (Å²) in [6.45, 7) is 4.10. The van der Waals surface area contributed by atoms with Gasteiger partial charge >= 0.3 is 0 Å². The molecule has 0 atom stereocenters. The van der Waals surface area contributed by atoms with E-state index in [1.807, 2.05) is 25.1 Å². The van der Waals surface area contributed by atoms with Crippen LogP contribution in [0.1, 0.15) is 11.1 Å². The minimum atomic E-state index is -0.369. The molecule has 0 amide bonds. The Balaban J connectivity index is 2.28. The van der Waals surface area contributed by atoms with Crippen LogP contribution in [-0.2, 0) is 0 Å². The molecule has 2 aromatic rings. The molecule has 0 bridgehead atoms. The number of nitrogens with zero attached hydrogens (tertiary/aromatic N) is 1. The van der Waals surface area contributed by atoms with Gasteiger partial charge in [0.1, 0.15) is 0 Å². The highest BCUT2D eigenvalue weighted by Crippen LogP contribution is 2.32. The van der Waals surface area contributed by atoms with E-state index in [9.17, 15) is 10.1 Å². The van der Waals surface area contributed by atoms with Gasteiger partial charge in [0.05, 0.1) is 4.92 Å². The van der Waals surface area contributed by atoms with E-state index in [1.54, 1.807) is 23.9 Å². The van der Waals surface area contributed by atoms with Gasteiger partial charge in [-0.05, 0) is 31.5 Å². The molecule has 0 N–H and O–H groups in total. The summed E-state index contributed by atoms with van der Waals surface area (Å²) in [7, 11) is 0. The number of nitro benzene ring substituents is 1. The van der Waals surface area contributed by atoms with Crippen LogP contribution in [0.15, 0.2) is 52.3 Å². The number of nitro groups is 1. The Bertz CT molecular complexity index is 596. The standard InChI is InChI=1S/C14H13NO2S/c1-10-6-7-14(11(2)8-10)18-13-5-3-4-12(9-13)15(16)17/h3-9H,1-2H3. The van der Waals surface area contributed by atoms with Crippen molar-refractivity contribution in [2.45, 2.75) is 23.6 Å². The minimum absolute atomic E-state index is 0.129. The lowest BCUT2D eigenvalue weighted by Crippen LogP contribution is -1.87. The van der Waals surface area contributed by atoms with E-state index in [-0.39, 0.29) is 10.6 Å². The monoisotopic (exact) mass is 259 g/mol. The van der Waals surface area contributed by atoms with Crippen molar-refractivity contribution in [3.05, 3.63) is 63.7 Å². The second-order valence-electron chi connectivity index (χ2n) is 4.13. The first-order chi connectivity index (χ1) is 8.56. The van der Waals surface area contributed by atoms with Crippen LogP contribution < -0.4 is 0 Å². The van der Waals surface area contributed by atoms with E-state index in [4.69, 9.17) is 0 Å².